The Kier molecular flexibility index (Phi) is 12.5. The van der Waals surface area contributed by atoms with Crippen LogP contribution in [0.3, 0.4) is 0 Å². The number of oxazole rings is 1. The fourth-order valence-electron chi connectivity index (χ4n) is 3.37. The van der Waals surface area contributed by atoms with Gasteiger partial charge < -0.3 is 30.6 Å². The molecule has 8 nitrogen and oxygen atoms in total. The summed E-state index contributed by atoms with van der Waals surface area (Å²) in [4.78, 5) is 14.2. The summed E-state index contributed by atoms with van der Waals surface area (Å²) in [5.41, 5.74) is 4.62. The molecule has 2 aromatic carbocycles. The number of β-amino-alcohol motifs (C(OH)–C–C–N with tert-alkyl or cyclic N) is 1. The van der Waals surface area contributed by atoms with Gasteiger partial charge in [0, 0.05) is 37.7 Å². The Morgan fingerprint density at radius 2 is 1.86 bits per heavy atom. The van der Waals surface area contributed by atoms with E-state index in [1.165, 1.54) is 17.5 Å². The predicted octanol–water partition coefficient (Wildman–Crippen LogP) is 4.16. The van der Waals surface area contributed by atoms with Crippen molar-refractivity contribution in [3.63, 3.8) is 0 Å². The van der Waals surface area contributed by atoms with Crippen LogP contribution in [0.15, 0.2) is 65.5 Å². The molecule has 5 rings (SSSR count). The van der Waals surface area contributed by atoms with Gasteiger partial charge in [0.2, 0.25) is 0 Å². The van der Waals surface area contributed by atoms with Gasteiger partial charge in [-0.3, -0.25) is 0 Å². The first-order chi connectivity index (χ1) is 17.0. The maximum absolute atomic E-state index is 10.3. The maximum atomic E-state index is 10.3. The first-order valence-electron chi connectivity index (χ1n) is 12.1. The van der Waals surface area contributed by atoms with Gasteiger partial charge in [0.1, 0.15) is 0 Å². The number of carboxylic acid groups (broad SMARTS) is 1. The van der Waals surface area contributed by atoms with Crippen LogP contribution in [0.1, 0.15) is 42.9 Å². The van der Waals surface area contributed by atoms with Gasteiger partial charge in [0.25, 0.3) is 0 Å². The van der Waals surface area contributed by atoms with Crippen molar-refractivity contribution in [2.45, 2.75) is 45.8 Å². The van der Waals surface area contributed by atoms with E-state index in [-0.39, 0.29) is 6.10 Å². The topological polar surface area (TPSA) is 120 Å². The molecule has 1 aromatic heterocycles. The van der Waals surface area contributed by atoms with Crippen molar-refractivity contribution < 1.29 is 19.4 Å². The molecule has 1 atom stereocenters. The number of rotatable bonds is 4. The number of nitrogens with one attached hydrogen (secondary N) is 3. The number of aliphatic hydroxyl groups is 1. The van der Waals surface area contributed by atoms with Crippen molar-refractivity contribution in [1.29, 1.82) is 0 Å². The van der Waals surface area contributed by atoms with E-state index >= 15 is 0 Å². The number of aryl methyl sites for hydroxylation is 1. The van der Waals surface area contributed by atoms with Gasteiger partial charge >= 0.3 is 6.09 Å². The largest absolute Gasteiger partial charge is 0.465 e. The highest BCUT2D eigenvalue weighted by Crippen LogP contribution is 2.20. The van der Waals surface area contributed by atoms with E-state index in [9.17, 15) is 4.79 Å². The highest BCUT2D eigenvalue weighted by Gasteiger charge is 2.18. The molecule has 3 heterocycles. The van der Waals surface area contributed by atoms with Crippen LogP contribution in [0.25, 0.3) is 11.3 Å². The molecule has 0 bridgehead atoms. The summed E-state index contributed by atoms with van der Waals surface area (Å²) in [7, 11) is 0. The molecule has 2 aliphatic rings. The minimum absolute atomic E-state index is 0.0648. The molecule has 8 heteroatoms. The van der Waals surface area contributed by atoms with Crippen LogP contribution in [0.2, 0.25) is 0 Å². The fourth-order valence-corrected chi connectivity index (χ4v) is 3.37. The molecule has 190 valence electrons. The lowest BCUT2D eigenvalue weighted by atomic mass is 9.92. The van der Waals surface area contributed by atoms with Crippen molar-refractivity contribution in [1.82, 2.24) is 20.9 Å². The van der Waals surface area contributed by atoms with Crippen LogP contribution in [-0.4, -0.2) is 53.6 Å². The van der Waals surface area contributed by atoms with Gasteiger partial charge in [-0.1, -0.05) is 67.9 Å². The van der Waals surface area contributed by atoms with Crippen LogP contribution in [-0.2, 0) is 6.54 Å². The van der Waals surface area contributed by atoms with Crippen LogP contribution < -0.4 is 16.0 Å². The number of benzene rings is 2. The zero-order valence-corrected chi connectivity index (χ0v) is 20.8. The van der Waals surface area contributed by atoms with Crippen molar-refractivity contribution in [3.8, 4) is 11.3 Å². The molecule has 1 unspecified atom stereocenters. The Labute approximate surface area is 207 Å². The van der Waals surface area contributed by atoms with E-state index in [1.54, 1.807) is 6.20 Å². The SMILES string of the molecule is CC.Cc1ccc(-c2cnco2)cc1.O=C(O)NCc1cccc(C2CNC2)c1.OC1CCNC1. The minimum Gasteiger partial charge on any atom is -0.465 e. The lowest BCUT2D eigenvalue weighted by Gasteiger charge is -2.27. The number of amides is 1. The number of hydrogen-bond acceptors (Lipinski definition) is 6. The molecule has 0 saturated carbocycles. The molecule has 1 amide bonds. The second-order valence-corrected chi connectivity index (χ2v) is 8.14. The number of hydrogen-bond donors (Lipinski definition) is 5. The molecule has 0 spiro atoms. The van der Waals surface area contributed by atoms with Gasteiger partial charge in [0.15, 0.2) is 12.2 Å². The zero-order valence-electron chi connectivity index (χ0n) is 20.8. The Morgan fingerprint density at radius 1 is 1.11 bits per heavy atom. The third kappa shape index (κ3) is 10.3. The second kappa shape index (κ2) is 15.7. The molecule has 3 aromatic rings. The lowest BCUT2D eigenvalue weighted by molar-refractivity contribution is 0.193. The number of aliphatic hydroxyl groups excluding tert-OH is 1. The summed E-state index contributed by atoms with van der Waals surface area (Å²) in [5, 5.41) is 25.8. The van der Waals surface area contributed by atoms with Gasteiger partial charge in [0.05, 0.1) is 12.3 Å². The molecule has 35 heavy (non-hydrogen) atoms. The highest BCUT2D eigenvalue weighted by molar-refractivity contribution is 5.64. The molecule has 2 saturated heterocycles. The third-order valence-electron chi connectivity index (χ3n) is 5.45. The first-order valence-corrected chi connectivity index (χ1v) is 12.1. The smallest absolute Gasteiger partial charge is 0.404 e. The Bertz CT molecular complexity index is 967. The summed E-state index contributed by atoms with van der Waals surface area (Å²) < 4.78 is 5.15. The summed E-state index contributed by atoms with van der Waals surface area (Å²) in [6.45, 7) is 10.3. The van der Waals surface area contributed by atoms with Gasteiger partial charge in [-0.25, -0.2) is 9.78 Å². The van der Waals surface area contributed by atoms with E-state index in [2.05, 4.69) is 52.1 Å². The maximum Gasteiger partial charge on any atom is 0.404 e. The predicted molar refractivity (Wildman–Crippen MR) is 138 cm³/mol. The van der Waals surface area contributed by atoms with Crippen molar-refractivity contribution in [3.05, 3.63) is 77.8 Å². The molecule has 5 N–H and O–H groups in total. The van der Waals surface area contributed by atoms with E-state index in [0.29, 0.717) is 12.5 Å². The molecule has 0 aliphatic carbocycles. The lowest BCUT2D eigenvalue weighted by Crippen LogP contribution is -2.39. The number of aromatic nitrogens is 1. The number of nitrogens with zero attached hydrogens (tertiary/aromatic N) is 1. The van der Waals surface area contributed by atoms with E-state index in [4.69, 9.17) is 14.6 Å². The fraction of sp³-hybridized carbons (Fsp3) is 0.407. The quantitative estimate of drug-likeness (QED) is 0.379. The number of carbonyl (C=O) groups is 1. The molecular formula is C27H38N4O4. The highest BCUT2D eigenvalue weighted by atomic mass is 16.4. The van der Waals surface area contributed by atoms with Crippen LogP contribution in [0, 0.1) is 6.92 Å². The van der Waals surface area contributed by atoms with Gasteiger partial charge in [-0.05, 0) is 31.0 Å². The van der Waals surface area contributed by atoms with Crippen LogP contribution in [0.4, 0.5) is 4.79 Å². The van der Waals surface area contributed by atoms with E-state index < -0.39 is 6.09 Å². The van der Waals surface area contributed by atoms with Crippen molar-refractivity contribution in [2.75, 3.05) is 26.2 Å². The van der Waals surface area contributed by atoms with Gasteiger partial charge in [-0.15, -0.1) is 0 Å². The van der Waals surface area contributed by atoms with Crippen molar-refractivity contribution in [2.24, 2.45) is 0 Å². The molecule has 0 radical (unpaired) electrons. The normalized spacial score (nSPS) is 16.3. The second-order valence-electron chi connectivity index (χ2n) is 8.14. The Hall–Kier alpha value is -3.20. The zero-order chi connectivity index (χ0) is 25.5. The van der Waals surface area contributed by atoms with Crippen LogP contribution >= 0.6 is 0 Å². The monoisotopic (exact) mass is 482 g/mol. The Balaban J connectivity index is 0.000000192. The summed E-state index contributed by atoms with van der Waals surface area (Å²) in [6, 6.07) is 16.2. The molecular weight excluding hydrogens is 444 g/mol. The third-order valence-corrected chi connectivity index (χ3v) is 5.45. The average molecular weight is 483 g/mol. The van der Waals surface area contributed by atoms with Crippen molar-refractivity contribution >= 4 is 6.09 Å². The van der Waals surface area contributed by atoms with Gasteiger partial charge in [-0.2, -0.15) is 0 Å². The van der Waals surface area contributed by atoms with Crippen LogP contribution in [0.5, 0.6) is 0 Å². The molecule has 2 aliphatic heterocycles. The Morgan fingerprint density at radius 3 is 2.34 bits per heavy atom. The average Bonchev–Trinajstić information content (AvgIpc) is 3.54. The summed E-state index contributed by atoms with van der Waals surface area (Å²) in [5.74, 6) is 1.41. The summed E-state index contributed by atoms with van der Waals surface area (Å²) in [6.07, 6.45) is 3.04. The van der Waals surface area contributed by atoms with E-state index in [0.717, 1.165) is 49.5 Å². The first kappa shape index (κ1) is 28.0. The molecule has 2 fully saturated rings. The minimum atomic E-state index is -0.981. The standard InChI is InChI=1S/C11H14N2O2.C10H9NO.C4H9NO.C2H6/c14-11(15)13-5-8-2-1-3-9(4-8)10-6-12-7-10;1-8-2-4-9(5-3-8)10-6-11-7-12-10;6-4-1-2-5-3-4;1-2/h1-4,10,12-13H,5-7H2,(H,14,15);2-7H,1H3;4-6H,1-3H2;1-2H3. The summed E-state index contributed by atoms with van der Waals surface area (Å²) >= 11 is 0. The van der Waals surface area contributed by atoms with E-state index in [1.807, 2.05) is 38.1 Å².